The van der Waals surface area contributed by atoms with E-state index in [0.717, 1.165) is 12.1 Å². The number of amides is 2. The van der Waals surface area contributed by atoms with Gasteiger partial charge in [0.05, 0.1) is 11.3 Å². The van der Waals surface area contributed by atoms with Gasteiger partial charge in [-0.2, -0.15) is 13.2 Å². The van der Waals surface area contributed by atoms with E-state index in [2.05, 4.69) is 10.0 Å². The molecule has 0 saturated carbocycles. The molecule has 1 aromatic carbocycles. The molecule has 6 nitrogen and oxygen atoms in total. The highest BCUT2D eigenvalue weighted by atomic mass is 32.2. The number of sulfonamides is 1. The van der Waals surface area contributed by atoms with Crippen molar-refractivity contribution >= 4 is 21.7 Å². The molecule has 0 unspecified atom stereocenters. The number of carbonyl (C=O) groups is 1. The molecule has 1 aliphatic rings. The Balaban J connectivity index is 1.89. The van der Waals surface area contributed by atoms with Crippen LogP contribution in [0, 0.1) is 0 Å². The van der Waals surface area contributed by atoms with Gasteiger partial charge < -0.3 is 10.2 Å². The molecule has 0 radical (unpaired) electrons. The van der Waals surface area contributed by atoms with Crippen LogP contribution in [0.4, 0.5) is 23.7 Å². The maximum Gasteiger partial charge on any atom is 0.416 e. The summed E-state index contributed by atoms with van der Waals surface area (Å²) in [5.74, 6) is 0.0588. The maximum atomic E-state index is 12.7. The lowest BCUT2D eigenvalue weighted by Crippen LogP contribution is -2.48. The largest absolute Gasteiger partial charge is 0.416 e. The van der Waals surface area contributed by atoms with Crippen molar-refractivity contribution in [3.63, 3.8) is 0 Å². The number of urea groups is 1. The third kappa shape index (κ3) is 5.87. The van der Waals surface area contributed by atoms with Gasteiger partial charge in [0.2, 0.25) is 10.0 Å². The predicted octanol–water partition coefficient (Wildman–Crippen LogP) is 3.03. The molecule has 0 atom stereocenters. The van der Waals surface area contributed by atoms with E-state index in [1.54, 1.807) is 6.92 Å². The Morgan fingerprint density at radius 1 is 1.27 bits per heavy atom. The van der Waals surface area contributed by atoms with Crippen molar-refractivity contribution in [2.75, 3.05) is 24.2 Å². The Hall–Kier alpha value is -1.81. The summed E-state index contributed by atoms with van der Waals surface area (Å²) in [4.78, 5) is 13.7. The fourth-order valence-corrected chi connectivity index (χ4v) is 4.16. The van der Waals surface area contributed by atoms with E-state index < -0.39 is 27.8 Å². The van der Waals surface area contributed by atoms with E-state index >= 15 is 0 Å². The monoisotopic (exact) mass is 393 g/mol. The molecular weight excluding hydrogens is 371 g/mol. The molecule has 2 rings (SSSR count). The number of halogens is 3. The molecule has 1 heterocycles. The summed E-state index contributed by atoms with van der Waals surface area (Å²) in [5.41, 5.74) is -0.769. The Bertz CT molecular complexity index is 730. The first-order valence-corrected chi connectivity index (χ1v) is 9.99. The van der Waals surface area contributed by atoms with E-state index in [1.165, 1.54) is 17.0 Å². The Morgan fingerprint density at radius 3 is 2.50 bits per heavy atom. The fraction of sp³-hybridized carbons (Fsp3) is 0.562. The highest BCUT2D eigenvalue weighted by Crippen LogP contribution is 2.30. The minimum atomic E-state index is -4.48. The quantitative estimate of drug-likeness (QED) is 0.807. The smallest absolute Gasteiger partial charge is 0.324 e. The summed E-state index contributed by atoms with van der Waals surface area (Å²) in [5, 5.41) is 2.46. The SMILES string of the molecule is CCCS(=O)(=O)NC1CCN(C(=O)Nc2cccc(C(F)(F)F)c2)CC1. The average molecular weight is 393 g/mol. The van der Waals surface area contributed by atoms with Crippen LogP contribution in [0.2, 0.25) is 0 Å². The Kier molecular flexibility index (Phi) is 6.51. The minimum absolute atomic E-state index is 0.0588. The van der Waals surface area contributed by atoms with Gasteiger partial charge >= 0.3 is 12.2 Å². The molecule has 1 fully saturated rings. The summed E-state index contributed by atoms with van der Waals surface area (Å²) < 4.78 is 64.3. The number of carbonyl (C=O) groups excluding carboxylic acids is 1. The summed E-state index contributed by atoms with van der Waals surface area (Å²) in [6.07, 6.45) is -3.04. The second-order valence-electron chi connectivity index (χ2n) is 6.21. The van der Waals surface area contributed by atoms with Crippen LogP contribution < -0.4 is 10.0 Å². The molecule has 0 aliphatic carbocycles. The van der Waals surface area contributed by atoms with Gasteiger partial charge in [-0.25, -0.2) is 17.9 Å². The molecule has 0 spiro atoms. The van der Waals surface area contributed by atoms with Gasteiger partial charge in [-0.1, -0.05) is 13.0 Å². The molecule has 1 aliphatic heterocycles. The fourth-order valence-electron chi connectivity index (χ4n) is 2.76. The van der Waals surface area contributed by atoms with Crippen LogP contribution in [0.5, 0.6) is 0 Å². The van der Waals surface area contributed by atoms with Crippen molar-refractivity contribution < 1.29 is 26.4 Å². The zero-order chi connectivity index (χ0) is 19.4. The number of alkyl halides is 3. The van der Waals surface area contributed by atoms with E-state index in [-0.39, 0.29) is 17.5 Å². The van der Waals surface area contributed by atoms with Gasteiger partial charge in [0.25, 0.3) is 0 Å². The minimum Gasteiger partial charge on any atom is -0.324 e. The van der Waals surface area contributed by atoms with Crippen molar-refractivity contribution in [3.05, 3.63) is 29.8 Å². The lowest BCUT2D eigenvalue weighted by molar-refractivity contribution is -0.137. The van der Waals surface area contributed by atoms with Crippen LogP contribution >= 0.6 is 0 Å². The molecule has 0 aromatic heterocycles. The number of nitrogens with one attached hydrogen (secondary N) is 2. The van der Waals surface area contributed by atoms with E-state index in [0.29, 0.717) is 32.4 Å². The number of anilines is 1. The molecular formula is C16H22F3N3O3S. The molecule has 1 aromatic rings. The predicted molar refractivity (Wildman–Crippen MR) is 92.3 cm³/mol. The van der Waals surface area contributed by atoms with Crippen LogP contribution in [0.1, 0.15) is 31.7 Å². The first-order valence-electron chi connectivity index (χ1n) is 8.34. The van der Waals surface area contributed by atoms with Crippen molar-refractivity contribution in [2.45, 2.75) is 38.4 Å². The first-order chi connectivity index (χ1) is 12.1. The number of likely N-dealkylation sites (tertiary alicyclic amines) is 1. The summed E-state index contributed by atoms with van der Waals surface area (Å²) in [7, 11) is -3.31. The number of nitrogens with zero attached hydrogens (tertiary/aromatic N) is 1. The number of benzene rings is 1. The van der Waals surface area contributed by atoms with Gasteiger partial charge in [0.15, 0.2) is 0 Å². The topological polar surface area (TPSA) is 78.5 Å². The lowest BCUT2D eigenvalue weighted by atomic mass is 10.1. The van der Waals surface area contributed by atoms with Crippen LogP contribution in [-0.2, 0) is 16.2 Å². The van der Waals surface area contributed by atoms with Crippen molar-refractivity contribution in [3.8, 4) is 0 Å². The molecule has 2 N–H and O–H groups in total. The highest BCUT2D eigenvalue weighted by Gasteiger charge is 2.31. The highest BCUT2D eigenvalue weighted by molar-refractivity contribution is 7.89. The van der Waals surface area contributed by atoms with Crippen LogP contribution in [-0.4, -0.2) is 44.2 Å². The lowest BCUT2D eigenvalue weighted by Gasteiger charge is -2.32. The van der Waals surface area contributed by atoms with E-state index in [9.17, 15) is 26.4 Å². The number of hydrogen-bond donors (Lipinski definition) is 2. The molecule has 10 heteroatoms. The van der Waals surface area contributed by atoms with Crippen molar-refractivity contribution in [1.29, 1.82) is 0 Å². The Labute approximate surface area is 150 Å². The second-order valence-corrected chi connectivity index (χ2v) is 8.08. The summed E-state index contributed by atoms with van der Waals surface area (Å²) in [6.45, 7) is 2.42. The van der Waals surface area contributed by atoms with Crippen molar-refractivity contribution in [1.82, 2.24) is 9.62 Å². The molecule has 0 bridgehead atoms. The van der Waals surface area contributed by atoms with Crippen LogP contribution in [0.3, 0.4) is 0 Å². The van der Waals surface area contributed by atoms with E-state index in [1.807, 2.05) is 0 Å². The van der Waals surface area contributed by atoms with Gasteiger partial charge in [-0.15, -0.1) is 0 Å². The maximum absolute atomic E-state index is 12.7. The van der Waals surface area contributed by atoms with E-state index in [4.69, 9.17) is 0 Å². The number of rotatable bonds is 5. The average Bonchev–Trinajstić information content (AvgIpc) is 2.54. The third-order valence-electron chi connectivity index (χ3n) is 4.04. The number of piperidine rings is 1. The van der Waals surface area contributed by atoms with Crippen LogP contribution in [0.15, 0.2) is 24.3 Å². The second kappa shape index (κ2) is 8.26. The molecule has 2 amide bonds. The third-order valence-corrected chi connectivity index (χ3v) is 5.68. The van der Waals surface area contributed by atoms with Gasteiger partial charge in [0, 0.05) is 24.8 Å². The summed E-state index contributed by atoms with van der Waals surface area (Å²) >= 11 is 0. The first kappa shape index (κ1) is 20.5. The van der Waals surface area contributed by atoms with Gasteiger partial charge in [-0.05, 0) is 37.5 Å². The number of hydrogen-bond acceptors (Lipinski definition) is 3. The zero-order valence-corrected chi connectivity index (χ0v) is 15.2. The van der Waals surface area contributed by atoms with Crippen LogP contribution in [0.25, 0.3) is 0 Å². The normalized spacial score (nSPS) is 16.5. The molecule has 26 heavy (non-hydrogen) atoms. The zero-order valence-electron chi connectivity index (χ0n) is 14.3. The van der Waals surface area contributed by atoms with Crippen molar-refractivity contribution in [2.24, 2.45) is 0 Å². The summed E-state index contributed by atoms with van der Waals surface area (Å²) in [6, 6.07) is 3.70. The Morgan fingerprint density at radius 2 is 1.92 bits per heavy atom. The standard InChI is InChI=1S/C16H22F3N3O3S/c1-2-10-26(24,25)21-13-6-8-22(9-7-13)15(23)20-14-5-3-4-12(11-14)16(17,18)19/h3-5,11,13,21H,2,6-10H2,1H3,(H,20,23). The molecule has 146 valence electrons. The van der Waals surface area contributed by atoms with Gasteiger partial charge in [0.1, 0.15) is 0 Å². The van der Waals surface area contributed by atoms with Gasteiger partial charge in [-0.3, -0.25) is 0 Å². The molecule has 1 saturated heterocycles.